The molecule has 0 fully saturated rings. The molecule has 0 saturated heterocycles. The molecule has 0 aliphatic carbocycles. The van der Waals surface area contributed by atoms with Crippen LogP contribution >= 0.6 is 0 Å². The van der Waals surface area contributed by atoms with Gasteiger partial charge in [0.05, 0.1) is 0 Å². The van der Waals surface area contributed by atoms with E-state index >= 15 is 0 Å². The summed E-state index contributed by atoms with van der Waals surface area (Å²) in [5.41, 5.74) is 0. The fraction of sp³-hybridized carbons (Fsp3) is 0. The van der Waals surface area contributed by atoms with Gasteiger partial charge in [0.1, 0.15) is 0 Å². The SMILES string of the molecule is [Ag].[Cd].[In].[Ni]. The maximum absolute atomic E-state index is 0. The minimum absolute atomic E-state index is 0. The summed E-state index contributed by atoms with van der Waals surface area (Å²) in [5, 5.41) is 0. The maximum atomic E-state index is 0. The van der Waals surface area contributed by atoms with Gasteiger partial charge in [0, 0.05) is 92.0 Å². The molecular formula is AgCdInNi. The van der Waals surface area contributed by atoms with Crippen molar-refractivity contribution in [2.24, 2.45) is 0 Å². The van der Waals surface area contributed by atoms with E-state index in [0.717, 1.165) is 0 Å². The van der Waals surface area contributed by atoms with Crippen LogP contribution in [-0.2, 0) is 66.2 Å². The molecule has 0 atom stereocenters. The van der Waals surface area contributed by atoms with Crippen LogP contribution in [0.2, 0.25) is 0 Å². The van der Waals surface area contributed by atoms with Crippen LogP contribution in [0.1, 0.15) is 0 Å². The Hall–Kier alpha value is 3.03. The van der Waals surface area contributed by atoms with Gasteiger partial charge in [0.25, 0.3) is 0 Å². The minimum atomic E-state index is 0. The zero-order chi connectivity index (χ0) is 0. The van der Waals surface area contributed by atoms with Gasteiger partial charge in [-0.05, 0) is 0 Å². The van der Waals surface area contributed by atoms with E-state index in [4.69, 9.17) is 0 Å². The van der Waals surface area contributed by atoms with Crippen molar-refractivity contribution >= 4 is 25.8 Å². The van der Waals surface area contributed by atoms with Crippen molar-refractivity contribution in [1.82, 2.24) is 0 Å². The molecule has 0 aromatic rings. The Kier molecular flexibility index (Phi) is 116. The molecule has 0 saturated carbocycles. The minimum Gasteiger partial charge on any atom is 0 e. The Bertz CT molecular complexity index is 8.00. The monoisotopic (exact) mass is 394 g/mol. The van der Waals surface area contributed by atoms with Crippen molar-refractivity contribution in [2.75, 3.05) is 0 Å². The third kappa shape index (κ3) is 8.90. The number of hydrogen-bond donors (Lipinski definition) is 0. The molecule has 0 N–H and O–H groups in total. The van der Waals surface area contributed by atoms with E-state index in [1.165, 1.54) is 0 Å². The van der Waals surface area contributed by atoms with Crippen LogP contribution in [0.5, 0.6) is 0 Å². The summed E-state index contributed by atoms with van der Waals surface area (Å²) in [6.07, 6.45) is 0. The third-order valence-electron chi connectivity index (χ3n) is 0. The summed E-state index contributed by atoms with van der Waals surface area (Å²) in [4.78, 5) is 0. The second-order valence-electron chi connectivity index (χ2n) is 0. The fourth-order valence-electron chi connectivity index (χ4n) is 0. The molecule has 0 aromatic heterocycles. The van der Waals surface area contributed by atoms with Crippen LogP contribution in [0.3, 0.4) is 0 Å². The predicted octanol–water partition coefficient (Wildman–Crippen LogP) is -0.388. The van der Waals surface area contributed by atoms with Crippen molar-refractivity contribution in [3.63, 3.8) is 0 Å². The molecular weight excluding hydrogens is 394 g/mol. The molecule has 0 nitrogen and oxygen atoms in total. The third-order valence-corrected chi connectivity index (χ3v) is 0. The first-order valence-corrected chi connectivity index (χ1v) is 0. The van der Waals surface area contributed by atoms with E-state index in [-0.39, 0.29) is 92.0 Å². The summed E-state index contributed by atoms with van der Waals surface area (Å²) >= 11 is 0. The molecule has 0 aliphatic heterocycles. The largest absolute Gasteiger partial charge is 0 e. The second-order valence-corrected chi connectivity index (χ2v) is 0. The summed E-state index contributed by atoms with van der Waals surface area (Å²) in [6, 6.07) is 0. The van der Waals surface area contributed by atoms with Gasteiger partial charge in [-0.2, -0.15) is 0 Å². The van der Waals surface area contributed by atoms with E-state index in [9.17, 15) is 0 Å². The van der Waals surface area contributed by atoms with Crippen molar-refractivity contribution in [3.05, 3.63) is 0 Å². The predicted molar refractivity (Wildman–Crippen MR) is 5.75 cm³/mol. The van der Waals surface area contributed by atoms with Crippen molar-refractivity contribution in [3.8, 4) is 0 Å². The van der Waals surface area contributed by atoms with Gasteiger partial charge in [0.15, 0.2) is 0 Å². The first-order valence-electron chi connectivity index (χ1n) is 0. The molecule has 0 amide bonds. The maximum Gasteiger partial charge on any atom is 0 e. The molecule has 0 bridgehead atoms. The molecule has 0 unspecified atom stereocenters. The molecule has 0 spiro atoms. The fourth-order valence-corrected chi connectivity index (χ4v) is 0. The van der Waals surface area contributed by atoms with Gasteiger partial charge in [-0.1, -0.05) is 0 Å². The summed E-state index contributed by atoms with van der Waals surface area (Å²) < 4.78 is 0. The smallest absolute Gasteiger partial charge is 0 e. The van der Waals surface area contributed by atoms with E-state index < -0.39 is 0 Å². The van der Waals surface area contributed by atoms with Crippen LogP contribution in [-0.4, -0.2) is 25.8 Å². The molecule has 0 aliphatic rings. The van der Waals surface area contributed by atoms with E-state index in [0.29, 0.717) is 0 Å². The molecule has 0 heterocycles. The van der Waals surface area contributed by atoms with Gasteiger partial charge in [-0.15, -0.1) is 0 Å². The van der Waals surface area contributed by atoms with Gasteiger partial charge in [0.2, 0.25) is 0 Å². The molecule has 0 rings (SSSR count). The van der Waals surface area contributed by atoms with Crippen molar-refractivity contribution in [2.45, 2.75) is 0 Å². The van der Waals surface area contributed by atoms with Crippen LogP contribution in [0.4, 0.5) is 0 Å². The van der Waals surface area contributed by atoms with Crippen LogP contribution in [0.15, 0.2) is 0 Å². The summed E-state index contributed by atoms with van der Waals surface area (Å²) in [5.74, 6) is 0. The average Bonchev–Trinajstić information content (AvgIpc) is 0. The van der Waals surface area contributed by atoms with Gasteiger partial charge in [-0.25, -0.2) is 0 Å². The van der Waals surface area contributed by atoms with Crippen molar-refractivity contribution in [1.29, 1.82) is 0 Å². The zero-order valence-corrected chi connectivity index (χ0v) is 11.7. The molecule has 26 valence electrons. The Labute approximate surface area is 90.2 Å². The summed E-state index contributed by atoms with van der Waals surface area (Å²) in [7, 11) is 0. The Balaban J connectivity index is 0. The molecule has 4 heteroatoms. The quantitative estimate of drug-likeness (QED) is 0.492. The Morgan fingerprint density at radius 2 is 1.00 bits per heavy atom. The van der Waals surface area contributed by atoms with Crippen LogP contribution < -0.4 is 0 Å². The van der Waals surface area contributed by atoms with E-state index in [2.05, 4.69) is 0 Å². The number of hydrogen-bond acceptors (Lipinski definition) is 0. The topological polar surface area (TPSA) is 0 Å². The van der Waals surface area contributed by atoms with Crippen LogP contribution in [0, 0.1) is 0 Å². The summed E-state index contributed by atoms with van der Waals surface area (Å²) in [6.45, 7) is 0. The van der Waals surface area contributed by atoms with Gasteiger partial charge in [-0.3, -0.25) is 0 Å². The van der Waals surface area contributed by atoms with Gasteiger partial charge < -0.3 is 0 Å². The zero-order valence-electron chi connectivity index (χ0n) is 1.90. The Morgan fingerprint density at radius 3 is 1.00 bits per heavy atom. The number of rotatable bonds is 0. The first-order chi connectivity index (χ1) is 0. The first kappa shape index (κ1) is 27.9. The van der Waals surface area contributed by atoms with Crippen LogP contribution in [0.25, 0.3) is 0 Å². The molecule has 4 heavy (non-hydrogen) atoms. The molecule has 0 aromatic carbocycles. The average molecular weight is 394 g/mol. The van der Waals surface area contributed by atoms with E-state index in [1.807, 2.05) is 0 Å². The molecule has 4 radical (unpaired) electrons. The second kappa shape index (κ2) is 16.6. The Morgan fingerprint density at radius 1 is 1.00 bits per heavy atom. The normalized spacial score (nSPS) is 0. The van der Waals surface area contributed by atoms with E-state index in [1.54, 1.807) is 0 Å². The standard InChI is InChI=1S/Ag.Cd.In.Ni. The van der Waals surface area contributed by atoms with Gasteiger partial charge >= 0.3 is 0 Å². The van der Waals surface area contributed by atoms with Crippen molar-refractivity contribution < 1.29 is 66.2 Å².